The third-order valence-corrected chi connectivity index (χ3v) is 2.49. The van der Waals surface area contributed by atoms with E-state index in [4.69, 9.17) is 4.74 Å². The second kappa shape index (κ2) is 8.68. The van der Waals surface area contributed by atoms with Crippen LogP contribution in [0.5, 0.6) is 0 Å². The average molecular weight is 217 g/mol. The van der Waals surface area contributed by atoms with Gasteiger partial charge in [0.15, 0.2) is 0 Å². The molecule has 0 bridgehead atoms. The highest BCUT2D eigenvalue weighted by atomic mass is 16.5. The van der Waals surface area contributed by atoms with Gasteiger partial charge in [-0.2, -0.15) is 0 Å². The van der Waals surface area contributed by atoms with Gasteiger partial charge >= 0.3 is 0 Å². The zero-order valence-electron chi connectivity index (χ0n) is 9.95. The molecule has 4 nitrogen and oxygen atoms in total. The monoisotopic (exact) mass is 217 g/mol. The summed E-state index contributed by atoms with van der Waals surface area (Å²) in [7, 11) is 1.55. The van der Waals surface area contributed by atoms with E-state index in [2.05, 4.69) is 5.32 Å². The summed E-state index contributed by atoms with van der Waals surface area (Å²) in [5.41, 5.74) is 0. The molecule has 0 aromatic heterocycles. The molecule has 0 saturated carbocycles. The first-order chi connectivity index (χ1) is 7.15. The normalized spacial score (nSPS) is 12.9. The maximum atomic E-state index is 11.5. The maximum absolute atomic E-state index is 11.5. The lowest BCUT2D eigenvalue weighted by Gasteiger charge is -2.14. The summed E-state index contributed by atoms with van der Waals surface area (Å²) in [5, 5.41) is 12.2. The molecule has 1 amide bonds. The summed E-state index contributed by atoms with van der Waals surface area (Å²) >= 11 is 0. The van der Waals surface area contributed by atoms with Gasteiger partial charge in [-0.3, -0.25) is 4.79 Å². The molecule has 4 heteroatoms. The van der Waals surface area contributed by atoms with E-state index in [-0.39, 0.29) is 11.8 Å². The predicted molar refractivity (Wildman–Crippen MR) is 59.6 cm³/mol. The Morgan fingerprint density at radius 2 is 2.00 bits per heavy atom. The SMILES string of the molecule is CCC(CC)C(=O)NCCC(O)COC. The van der Waals surface area contributed by atoms with E-state index >= 15 is 0 Å². The van der Waals surface area contributed by atoms with Gasteiger partial charge in [-0.05, 0) is 19.3 Å². The van der Waals surface area contributed by atoms with Crippen molar-refractivity contribution in [1.82, 2.24) is 5.32 Å². The quantitative estimate of drug-likeness (QED) is 0.636. The lowest BCUT2D eigenvalue weighted by Crippen LogP contribution is -2.33. The molecule has 0 aromatic carbocycles. The number of carbonyl (C=O) groups excluding carboxylic acids is 1. The average Bonchev–Trinajstić information content (AvgIpc) is 2.20. The number of nitrogens with one attached hydrogen (secondary N) is 1. The number of aliphatic hydroxyl groups is 1. The molecular weight excluding hydrogens is 194 g/mol. The van der Waals surface area contributed by atoms with Crippen LogP contribution in [-0.2, 0) is 9.53 Å². The number of hydrogen-bond acceptors (Lipinski definition) is 3. The molecule has 0 saturated heterocycles. The number of aliphatic hydroxyl groups excluding tert-OH is 1. The van der Waals surface area contributed by atoms with E-state index in [0.717, 1.165) is 12.8 Å². The molecule has 1 unspecified atom stereocenters. The highest BCUT2D eigenvalue weighted by Gasteiger charge is 2.13. The predicted octanol–water partition coefficient (Wildman–Crippen LogP) is 0.936. The molecule has 1 atom stereocenters. The molecule has 0 aromatic rings. The van der Waals surface area contributed by atoms with Crippen molar-refractivity contribution < 1.29 is 14.6 Å². The number of methoxy groups -OCH3 is 1. The Labute approximate surface area is 92.0 Å². The van der Waals surface area contributed by atoms with Gasteiger partial charge in [0.2, 0.25) is 5.91 Å². The van der Waals surface area contributed by atoms with E-state index in [1.54, 1.807) is 7.11 Å². The van der Waals surface area contributed by atoms with Gasteiger partial charge in [0.1, 0.15) is 0 Å². The molecule has 0 spiro atoms. The second-order valence-electron chi connectivity index (χ2n) is 3.70. The van der Waals surface area contributed by atoms with E-state index in [9.17, 15) is 9.90 Å². The molecule has 0 aliphatic rings. The maximum Gasteiger partial charge on any atom is 0.223 e. The Kier molecular flexibility index (Phi) is 8.33. The van der Waals surface area contributed by atoms with Crippen LogP contribution >= 0.6 is 0 Å². The van der Waals surface area contributed by atoms with Crippen molar-refractivity contribution in [2.75, 3.05) is 20.3 Å². The summed E-state index contributed by atoms with van der Waals surface area (Å²) < 4.78 is 4.79. The van der Waals surface area contributed by atoms with Crippen LogP contribution in [0.15, 0.2) is 0 Å². The molecule has 0 rings (SSSR count). The number of carbonyl (C=O) groups is 1. The van der Waals surface area contributed by atoms with Gasteiger partial charge in [-0.1, -0.05) is 13.8 Å². The summed E-state index contributed by atoms with van der Waals surface area (Å²) in [6.07, 6.45) is 1.78. The lowest BCUT2D eigenvalue weighted by molar-refractivity contribution is -0.125. The fraction of sp³-hybridized carbons (Fsp3) is 0.909. The third-order valence-electron chi connectivity index (χ3n) is 2.49. The van der Waals surface area contributed by atoms with Crippen LogP contribution in [-0.4, -0.2) is 37.4 Å². The van der Waals surface area contributed by atoms with Gasteiger partial charge in [0.05, 0.1) is 12.7 Å². The molecule has 0 aliphatic heterocycles. The van der Waals surface area contributed by atoms with Crippen molar-refractivity contribution in [3.8, 4) is 0 Å². The van der Waals surface area contributed by atoms with Crippen LogP contribution in [0, 0.1) is 5.92 Å². The first-order valence-corrected chi connectivity index (χ1v) is 5.60. The summed E-state index contributed by atoms with van der Waals surface area (Å²) in [5.74, 6) is 0.189. The van der Waals surface area contributed by atoms with Crippen molar-refractivity contribution in [2.45, 2.75) is 39.2 Å². The van der Waals surface area contributed by atoms with Crippen molar-refractivity contribution in [2.24, 2.45) is 5.92 Å². The molecule has 0 radical (unpaired) electrons. The van der Waals surface area contributed by atoms with Gasteiger partial charge < -0.3 is 15.2 Å². The minimum absolute atomic E-state index is 0.0876. The number of amides is 1. The Balaban J connectivity index is 3.62. The smallest absolute Gasteiger partial charge is 0.223 e. The standard InChI is InChI=1S/C11H23NO3/c1-4-9(5-2)11(14)12-7-6-10(13)8-15-3/h9-10,13H,4-8H2,1-3H3,(H,12,14). The van der Waals surface area contributed by atoms with Crippen LogP contribution in [0.1, 0.15) is 33.1 Å². The van der Waals surface area contributed by atoms with E-state index in [1.165, 1.54) is 0 Å². The summed E-state index contributed by atoms with van der Waals surface area (Å²) in [4.78, 5) is 11.5. The molecule has 2 N–H and O–H groups in total. The number of rotatable bonds is 8. The van der Waals surface area contributed by atoms with Crippen LogP contribution in [0.25, 0.3) is 0 Å². The zero-order chi connectivity index (χ0) is 11.7. The van der Waals surface area contributed by atoms with Crippen LogP contribution in [0.4, 0.5) is 0 Å². The van der Waals surface area contributed by atoms with Crippen LogP contribution in [0.3, 0.4) is 0 Å². The molecule has 0 fully saturated rings. The molecule has 15 heavy (non-hydrogen) atoms. The largest absolute Gasteiger partial charge is 0.391 e. The second-order valence-corrected chi connectivity index (χ2v) is 3.70. The summed E-state index contributed by atoms with van der Waals surface area (Å²) in [6.45, 7) is 4.85. The highest BCUT2D eigenvalue weighted by Crippen LogP contribution is 2.06. The number of ether oxygens (including phenoxy) is 1. The first kappa shape index (κ1) is 14.4. The minimum atomic E-state index is -0.489. The van der Waals surface area contributed by atoms with Crippen LogP contribution in [0.2, 0.25) is 0 Å². The van der Waals surface area contributed by atoms with Gasteiger partial charge in [-0.25, -0.2) is 0 Å². The molecule has 90 valence electrons. The van der Waals surface area contributed by atoms with Crippen LogP contribution < -0.4 is 5.32 Å². The Hall–Kier alpha value is -0.610. The van der Waals surface area contributed by atoms with E-state index in [1.807, 2.05) is 13.8 Å². The highest BCUT2D eigenvalue weighted by molar-refractivity contribution is 5.78. The topological polar surface area (TPSA) is 58.6 Å². The van der Waals surface area contributed by atoms with E-state index in [0.29, 0.717) is 19.6 Å². The van der Waals surface area contributed by atoms with Crippen molar-refractivity contribution >= 4 is 5.91 Å². The van der Waals surface area contributed by atoms with E-state index < -0.39 is 6.10 Å². The first-order valence-electron chi connectivity index (χ1n) is 5.60. The Bertz CT molecular complexity index is 169. The third kappa shape index (κ3) is 6.47. The zero-order valence-corrected chi connectivity index (χ0v) is 9.95. The fourth-order valence-corrected chi connectivity index (χ4v) is 1.44. The fourth-order valence-electron chi connectivity index (χ4n) is 1.44. The van der Waals surface area contributed by atoms with Gasteiger partial charge in [0, 0.05) is 19.6 Å². The van der Waals surface area contributed by atoms with Crippen molar-refractivity contribution in [3.05, 3.63) is 0 Å². The minimum Gasteiger partial charge on any atom is -0.391 e. The van der Waals surface area contributed by atoms with Crippen molar-refractivity contribution in [1.29, 1.82) is 0 Å². The Morgan fingerprint density at radius 1 is 1.40 bits per heavy atom. The number of hydrogen-bond donors (Lipinski definition) is 2. The Morgan fingerprint density at radius 3 is 2.47 bits per heavy atom. The van der Waals surface area contributed by atoms with Gasteiger partial charge in [-0.15, -0.1) is 0 Å². The summed E-state index contributed by atoms with van der Waals surface area (Å²) in [6, 6.07) is 0. The molecule has 0 aliphatic carbocycles. The molecule has 0 heterocycles. The van der Waals surface area contributed by atoms with Crippen molar-refractivity contribution in [3.63, 3.8) is 0 Å². The molecular formula is C11H23NO3. The lowest BCUT2D eigenvalue weighted by atomic mass is 10.0. The van der Waals surface area contributed by atoms with Gasteiger partial charge in [0.25, 0.3) is 0 Å².